The average molecular weight is 336 g/mol. The first-order valence-corrected chi connectivity index (χ1v) is 7.67. The molecule has 0 spiro atoms. The van der Waals surface area contributed by atoms with E-state index >= 15 is 0 Å². The molecule has 0 bridgehead atoms. The molecule has 106 valence electrons. The molecule has 1 aromatic rings. The van der Waals surface area contributed by atoms with E-state index in [1.807, 2.05) is 6.07 Å². The number of benzene rings is 1. The second-order valence-electron chi connectivity index (χ2n) is 5.12. The predicted octanol–water partition coefficient (Wildman–Crippen LogP) is 3.18. The van der Waals surface area contributed by atoms with E-state index in [1.165, 1.54) is 0 Å². The van der Waals surface area contributed by atoms with Crippen LogP contribution in [0.3, 0.4) is 0 Å². The van der Waals surface area contributed by atoms with E-state index in [0.29, 0.717) is 11.3 Å². The van der Waals surface area contributed by atoms with Crippen molar-refractivity contribution in [3.05, 3.63) is 28.2 Å². The number of nitriles is 1. The predicted molar refractivity (Wildman–Crippen MR) is 82.4 cm³/mol. The highest BCUT2D eigenvalue weighted by Crippen LogP contribution is 2.28. The highest BCUT2D eigenvalue weighted by Gasteiger charge is 2.40. The van der Waals surface area contributed by atoms with E-state index in [9.17, 15) is 4.79 Å². The molecule has 5 heteroatoms. The first-order chi connectivity index (χ1) is 9.61. The molecular weight excluding hydrogens is 318 g/mol. The number of carbonyl (C=O) groups is 1. The summed E-state index contributed by atoms with van der Waals surface area (Å²) in [5.41, 5.74) is 0.566. The van der Waals surface area contributed by atoms with Crippen molar-refractivity contribution in [1.82, 2.24) is 5.32 Å². The topological polar surface area (TPSA) is 64.9 Å². The Morgan fingerprint density at radius 1 is 1.60 bits per heavy atom. The Kier molecular flexibility index (Phi) is 4.79. The number of hydrogen-bond donors (Lipinski definition) is 2. The van der Waals surface area contributed by atoms with Crippen LogP contribution in [0, 0.1) is 11.3 Å². The van der Waals surface area contributed by atoms with Crippen molar-refractivity contribution in [3.8, 4) is 6.07 Å². The second-order valence-corrected chi connectivity index (χ2v) is 6.03. The molecule has 0 saturated carbocycles. The summed E-state index contributed by atoms with van der Waals surface area (Å²) in [6, 6.07) is 7.41. The Labute approximate surface area is 127 Å². The van der Waals surface area contributed by atoms with Crippen molar-refractivity contribution in [3.63, 3.8) is 0 Å². The van der Waals surface area contributed by atoms with Crippen LogP contribution in [0.4, 0.5) is 5.69 Å². The number of nitrogens with one attached hydrogen (secondary N) is 2. The third kappa shape index (κ3) is 3.02. The largest absolute Gasteiger partial charge is 0.323 e. The van der Waals surface area contributed by atoms with Gasteiger partial charge in [0.1, 0.15) is 6.07 Å². The molecular formula is C15H18BrN3O. The van der Waals surface area contributed by atoms with E-state index < -0.39 is 5.54 Å². The minimum absolute atomic E-state index is 0.0318. The lowest BCUT2D eigenvalue weighted by Crippen LogP contribution is -2.50. The minimum Gasteiger partial charge on any atom is -0.323 e. The summed E-state index contributed by atoms with van der Waals surface area (Å²) < 4.78 is 0.828. The van der Waals surface area contributed by atoms with Gasteiger partial charge in [-0.05, 0) is 44.0 Å². The van der Waals surface area contributed by atoms with Gasteiger partial charge in [-0.25, -0.2) is 0 Å². The van der Waals surface area contributed by atoms with E-state index in [1.54, 1.807) is 12.1 Å². The Morgan fingerprint density at radius 3 is 3.00 bits per heavy atom. The molecule has 1 atom stereocenters. The lowest BCUT2D eigenvalue weighted by atomic mass is 9.90. The maximum Gasteiger partial charge on any atom is 0.244 e. The fourth-order valence-corrected chi connectivity index (χ4v) is 3.07. The van der Waals surface area contributed by atoms with Gasteiger partial charge < -0.3 is 10.6 Å². The van der Waals surface area contributed by atoms with Crippen LogP contribution in [-0.4, -0.2) is 18.0 Å². The Bertz CT molecular complexity index is 545. The van der Waals surface area contributed by atoms with Crippen LogP contribution in [0.2, 0.25) is 0 Å². The summed E-state index contributed by atoms with van der Waals surface area (Å²) in [5.74, 6) is -0.0318. The van der Waals surface area contributed by atoms with Crippen molar-refractivity contribution < 1.29 is 4.79 Å². The molecule has 0 aromatic heterocycles. The monoisotopic (exact) mass is 335 g/mol. The Balaban J connectivity index is 2.21. The van der Waals surface area contributed by atoms with E-state index in [2.05, 4.69) is 39.6 Å². The molecule has 1 aromatic carbocycles. The Morgan fingerprint density at radius 2 is 2.40 bits per heavy atom. The molecule has 1 fully saturated rings. The third-order valence-corrected chi connectivity index (χ3v) is 4.20. The quantitative estimate of drug-likeness (QED) is 0.888. The number of nitrogens with zero attached hydrogens (tertiary/aromatic N) is 1. The van der Waals surface area contributed by atoms with Crippen molar-refractivity contribution in [2.45, 2.75) is 38.1 Å². The molecule has 1 unspecified atom stereocenters. The fourth-order valence-electron chi connectivity index (χ4n) is 2.71. The SMILES string of the molecule is CCCC1(C(=O)Nc2ccc(Br)cc2C#N)CCCN1. The smallest absolute Gasteiger partial charge is 0.244 e. The fraction of sp³-hybridized carbons (Fsp3) is 0.467. The summed E-state index contributed by atoms with van der Waals surface area (Å²) in [6.07, 6.45) is 3.63. The highest BCUT2D eigenvalue weighted by molar-refractivity contribution is 9.10. The van der Waals surface area contributed by atoms with Gasteiger partial charge in [0.25, 0.3) is 0 Å². The van der Waals surface area contributed by atoms with Gasteiger partial charge >= 0.3 is 0 Å². The van der Waals surface area contributed by atoms with Gasteiger partial charge in [0.2, 0.25) is 5.91 Å². The van der Waals surface area contributed by atoms with Crippen LogP contribution >= 0.6 is 15.9 Å². The van der Waals surface area contributed by atoms with Crippen molar-refractivity contribution in [2.75, 3.05) is 11.9 Å². The van der Waals surface area contributed by atoms with Crippen LogP contribution in [0.15, 0.2) is 22.7 Å². The number of amides is 1. The number of halogens is 1. The summed E-state index contributed by atoms with van der Waals surface area (Å²) >= 11 is 3.33. The third-order valence-electron chi connectivity index (χ3n) is 3.71. The average Bonchev–Trinajstić information content (AvgIpc) is 2.91. The highest BCUT2D eigenvalue weighted by atomic mass is 79.9. The van der Waals surface area contributed by atoms with Crippen molar-refractivity contribution >= 4 is 27.5 Å². The molecule has 1 aliphatic rings. The molecule has 0 radical (unpaired) electrons. The van der Waals surface area contributed by atoms with Gasteiger partial charge in [-0.2, -0.15) is 5.26 Å². The summed E-state index contributed by atoms with van der Waals surface area (Å²) in [4.78, 5) is 12.6. The molecule has 2 rings (SSSR count). The molecule has 1 saturated heterocycles. The van der Waals surface area contributed by atoms with Gasteiger partial charge in [0, 0.05) is 4.47 Å². The summed E-state index contributed by atoms with van der Waals surface area (Å²) in [7, 11) is 0. The number of carbonyl (C=O) groups excluding carboxylic acids is 1. The summed E-state index contributed by atoms with van der Waals surface area (Å²) in [5, 5.41) is 15.4. The standard InChI is InChI=1S/C15H18BrN3O/c1-2-6-15(7-3-8-18-15)14(20)19-13-5-4-12(16)9-11(13)10-17/h4-5,9,18H,2-3,6-8H2,1H3,(H,19,20). The number of hydrogen-bond acceptors (Lipinski definition) is 3. The normalized spacial score (nSPS) is 21.4. The van der Waals surface area contributed by atoms with Crippen molar-refractivity contribution in [2.24, 2.45) is 0 Å². The van der Waals surface area contributed by atoms with Crippen LogP contribution in [0.5, 0.6) is 0 Å². The van der Waals surface area contributed by atoms with Gasteiger partial charge in [-0.1, -0.05) is 29.3 Å². The zero-order valence-electron chi connectivity index (χ0n) is 11.5. The van der Waals surface area contributed by atoms with E-state index in [-0.39, 0.29) is 5.91 Å². The Hall–Kier alpha value is -1.38. The zero-order chi connectivity index (χ0) is 14.6. The lowest BCUT2D eigenvalue weighted by molar-refractivity contribution is -0.122. The lowest BCUT2D eigenvalue weighted by Gasteiger charge is -2.28. The molecule has 4 nitrogen and oxygen atoms in total. The van der Waals surface area contributed by atoms with Gasteiger partial charge in [0.05, 0.1) is 16.8 Å². The molecule has 1 amide bonds. The van der Waals surface area contributed by atoms with E-state index in [0.717, 1.165) is 36.7 Å². The molecule has 1 heterocycles. The van der Waals surface area contributed by atoms with Crippen molar-refractivity contribution in [1.29, 1.82) is 5.26 Å². The van der Waals surface area contributed by atoms with Crippen LogP contribution in [-0.2, 0) is 4.79 Å². The van der Waals surface area contributed by atoms with Gasteiger partial charge in [-0.3, -0.25) is 4.79 Å². The maximum absolute atomic E-state index is 12.6. The van der Waals surface area contributed by atoms with Crippen LogP contribution < -0.4 is 10.6 Å². The summed E-state index contributed by atoms with van der Waals surface area (Å²) in [6.45, 7) is 2.95. The van der Waals surface area contributed by atoms with E-state index in [4.69, 9.17) is 5.26 Å². The molecule has 20 heavy (non-hydrogen) atoms. The van der Waals surface area contributed by atoms with Crippen LogP contribution in [0.1, 0.15) is 38.2 Å². The number of rotatable bonds is 4. The van der Waals surface area contributed by atoms with Gasteiger partial charge in [0.15, 0.2) is 0 Å². The number of anilines is 1. The second kappa shape index (κ2) is 6.38. The first kappa shape index (κ1) is 15.0. The minimum atomic E-state index is -0.478. The first-order valence-electron chi connectivity index (χ1n) is 6.87. The zero-order valence-corrected chi connectivity index (χ0v) is 13.1. The van der Waals surface area contributed by atoms with Crippen LogP contribution in [0.25, 0.3) is 0 Å². The molecule has 0 aliphatic carbocycles. The van der Waals surface area contributed by atoms with Gasteiger partial charge in [-0.15, -0.1) is 0 Å². The maximum atomic E-state index is 12.6. The molecule has 2 N–H and O–H groups in total. The molecule has 1 aliphatic heterocycles.